The van der Waals surface area contributed by atoms with Crippen molar-refractivity contribution in [2.24, 2.45) is 0 Å². The molecule has 0 saturated carbocycles. The Morgan fingerprint density at radius 1 is 1.33 bits per heavy atom. The minimum absolute atomic E-state index is 0.0759. The molecule has 1 fully saturated rings. The summed E-state index contributed by atoms with van der Waals surface area (Å²) in [6.45, 7) is 4.48. The zero-order valence-corrected chi connectivity index (χ0v) is 12.4. The Balaban J connectivity index is 2.09. The van der Waals surface area contributed by atoms with E-state index in [2.05, 4.69) is 5.32 Å². The maximum absolute atomic E-state index is 13.7. The molecule has 0 bridgehead atoms. The first-order valence-electron chi connectivity index (χ1n) is 7.56. The van der Waals surface area contributed by atoms with Crippen molar-refractivity contribution in [3.05, 3.63) is 35.4 Å². The molecule has 5 heteroatoms. The predicted molar refractivity (Wildman–Crippen MR) is 78.0 cm³/mol. The van der Waals surface area contributed by atoms with Gasteiger partial charge in [-0.15, -0.1) is 0 Å². The van der Waals surface area contributed by atoms with Gasteiger partial charge in [0.1, 0.15) is 0 Å². The summed E-state index contributed by atoms with van der Waals surface area (Å²) >= 11 is 0. The molecular weight excluding hydrogens is 274 g/mol. The van der Waals surface area contributed by atoms with Crippen LogP contribution in [-0.4, -0.2) is 36.5 Å². The van der Waals surface area contributed by atoms with Crippen molar-refractivity contribution in [2.45, 2.75) is 38.6 Å². The molecule has 21 heavy (non-hydrogen) atoms. The minimum atomic E-state index is -0.910. The number of nitrogens with zero attached hydrogens (tertiary/aromatic N) is 1. The van der Waals surface area contributed by atoms with Gasteiger partial charge in [0, 0.05) is 18.2 Å². The Kier molecular flexibility index (Phi) is 5.67. The fraction of sp³-hybridized carbons (Fsp3) is 0.562. The van der Waals surface area contributed by atoms with Gasteiger partial charge in [0.2, 0.25) is 5.91 Å². The lowest BCUT2D eigenvalue weighted by atomic mass is 10.0. The summed E-state index contributed by atoms with van der Waals surface area (Å²) in [5, 5.41) is 3.27. The fourth-order valence-electron chi connectivity index (χ4n) is 2.82. The van der Waals surface area contributed by atoms with Gasteiger partial charge in [-0.1, -0.05) is 19.1 Å². The molecule has 1 saturated heterocycles. The second-order valence-electron chi connectivity index (χ2n) is 5.46. The van der Waals surface area contributed by atoms with E-state index in [1.807, 2.05) is 11.8 Å². The Labute approximate surface area is 124 Å². The van der Waals surface area contributed by atoms with Crippen LogP contribution < -0.4 is 5.32 Å². The number of amides is 1. The number of hydrogen-bond acceptors (Lipinski definition) is 2. The first-order valence-corrected chi connectivity index (χ1v) is 7.56. The highest BCUT2D eigenvalue weighted by Gasteiger charge is 2.25. The normalized spacial score (nSPS) is 16.0. The summed E-state index contributed by atoms with van der Waals surface area (Å²) in [6, 6.07) is 4.19. The number of benzene rings is 1. The summed E-state index contributed by atoms with van der Waals surface area (Å²) in [5.41, 5.74) is 0.134. The van der Waals surface area contributed by atoms with Gasteiger partial charge in [0.05, 0.1) is 6.42 Å². The summed E-state index contributed by atoms with van der Waals surface area (Å²) in [4.78, 5) is 14.3. The monoisotopic (exact) mass is 296 g/mol. The van der Waals surface area contributed by atoms with Crippen LogP contribution in [0.1, 0.15) is 31.7 Å². The topological polar surface area (TPSA) is 32.3 Å². The van der Waals surface area contributed by atoms with Crippen LogP contribution in [-0.2, 0) is 11.2 Å². The highest BCUT2D eigenvalue weighted by atomic mass is 19.2. The van der Waals surface area contributed by atoms with Crippen molar-refractivity contribution >= 4 is 5.91 Å². The molecular formula is C16H22F2N2O. The van der Waals surface area contributed by atoms with Crippen molar-refractivity contribution in [1.82, 2.24) is 10.2 Å². The number of carbonyl (C=O) groups excluding carboxylic acids is 1. The molecule has 1 aromatic carbocycles. The Bertz CT molecular complexity index is 487. The van der Waals surface area contributed by atoms with E-state index in [9.17, 15) is 13.6 Å². The lowest BCUT2D eigenvalue weighted by Crippen LogP contribution is -2.47. The molecule has 1 aliphatic rings. The van der Waals surface area contributed by atoms with E-state index in [-0.39, 0.29) is 23.9 Å². The first-order chi connectivity index (χ1) is 10.1. The summed E-state index contributed by atoms with van der Waals surface area (Å²) < 4.78 is 26.9. The molecule has 0 radical (unpaired) electrons. The van der Waals surface area contributed by atoms with Crippen molar-refractivity contribution in [2.75, 3.05) is 19.6 Å². The lowest BCUT2D eigenvalue weighted by Gasteiger charge is -2.34. The van der Waals surface area contributed by atoms with Crippen molar-refractivity contribution < 1.29 is 13.6 Å². The number of rotatable bonds is 5. The largest absolute Gasteiger partial charge is 0.339 e. The third-order valence-corrected chi connectivity index (χ3v) is 3.91. The number of hydrogen-bond donors (Lipinski definition) is 1. The maximum atomic E-state index is 13.7. The molecule has 0 spiro atoms. The van der Waals surface area contributed by atoms with Crippen LogP contribution in [0.15, 0.2) is 18.2 Å². The fourth-order valence-corrected chi connectivity index (χ4v) is 2.82. The van der Waals surface area contributed by atoms with Gasteiger partial charge in [0.15, 0.2) is 11.6 Å². The molecule has 1 aliphatic heterocycles. The van der Waals surface area contributed by atoms with Crippen LogP contribution >= 0.6 is 0 Å². The number of halogens is 2. The van der Waals surface area contributed by atoms with E-state index in [0.29, 0.717) is 6.54 Å². The molecule has 116 valence electrons. The van der Waals surface area contributed by atoms with E-state index >= 15 is 0 Å². The Morgan fingerprint density at radius 2 is 2.05 bits per heavy atom. The predicted octanol–water partition coefficient (Wildman–Crippen LogP) is 2.50. The smallest absolute Gasteiger partial charge is 0.227 e. The van der Waals surface area contributed by atoms with E-state index in [1.54, 1.807) is 0 Å². The van der Waals surface area contributed by atoms with Gasteiger partial charge in [-0.25, -0.2) is 8.78 Å². The van der Waals surface area contributed by atoms with Crippen molar-refractivity contribution in [1.29, 1.82) is 0 Å². The average molecular weight is 296 g/mol. The molecule has 0 atom stereocenters. The second-order valence-corrected chi connectivity index (χ2v) is 5.46. The quantitative estimate of drug-likeness (QED) is 0.905. The minimum Gasteiger partial charge on any atom is -0.339 e. The molecule has 2 rings (SSSR count). The Hall–Kier alpha value is -1.49. The van der Waals surface area contributed by atoms with Crippen LogP contribution in [0, 0.1) is 11.6 Å². The number of piperidine rings is 1. The van der Waals surface area contributed by atoms with Gasteiger partial charge in [-0.3, -0.25) is 4.79 Å². The van der Waals surface area contributed by atoms with Gasteiger partial charge in [0.25, 0.3) is 0 Å². The summed E-state index contributed by atoms with van der Waals surface area (Å²) in [5.74, 6) is -1.93. The highest BCUT2D eigenvalue weighted by molar-refractivity contribution is 5.79. The maximum Gasteiger partial charge on any atom is 0.227 e. The van der Waals surface area contributed by atoms with Crippen LogP contribution in [0.2, 0.25) is 0 Å². The molecule has 3 nitrogen and oxygen atoms in total. The molecule has 0 unspecified atom stereocenters. The third-order valence-electron chi connectivity index (χ3n) is 3.91. The third kappa shape index (κ3) is 4.00. The highest BCUT2D eigenvalue weighted by Crippen LogP contribution is 2.17. The summed E-state index contributed by atoms with van der Waals surface area (Å²) in [7, 11) is 0. The van der Waals surface area contributed by atoms with Gasteiger partial charge < -0.3 is 10.2 Å². The van der Waals surface area contributed by atoms with Crippen LogP contribution in [0.4, 0.5) is 8.78 Å². The zero-order valence-electron chi connectivity index (χ0n) is 12.4. The molecule has 0 aromatic heterocycles. The zero-order chi connectivity index (χ0) is 15.2. The first kappa shape index (κ1) is 15.9. The van der Waals surface area contributed by atoms with Gasteiger partial charge >= 0.3 is 0 Å². The molecule has 1 aromatic rings. The van der Waals surface area contributed by atoms with Gasteiger partial charge in [-0.2, -0.15) is 0 Å². The molecule has 1 heterocycles. The Morgan fingerprint density at radius 3 is 2.71 bits per heavy atom. The number of nitrogens with one attached hydrogen (secondary N) is 1. The van der Waals surface area contributed by atoms with Crippen LogP contribution in [0.5, 0.6) is 0 Å². The molecule has 1 amide bonds. The van der Waals surface area contributed by atoms with Gasteiger partial charge in [-0.05, 0) is 38.4 Å². The van der Waals surface area contributed by atoms with Crippen LogP contribution in [0.25, 0.3) is 0 Å². The standard InChI is InChI=1S/C16H22F2N2O/c1-2-10-20(13-6-8-19-9-7-13)15(21)11-12-4-3-5-14(17)16(12)18/h3-5,13,19H,2,6-11H2,1H3. The van der Waals surface area contributed by atoms with E-state index in [4.69, 9.17) is 0 Å². The van der Waals surface area contributed by atoms with E-state index in [0.717, 1.165) is 38.4 Å². The lowest BCUT2D eigenvalue weighted by molar-refractivity contribution is -0.133. The van der Waals surface area contributed by atoms with Crippen LogP contribution in [0.3, 0.4) is 0 Å². The van der Waals surface area contributed by atoms with E-state index < -0.39 is 11.6 Å². The second kappa shape index (κ2) is 7.50. The van der Waals surface area contributed by atoms with Crippen molar-refractivity contribution in [3.63, 3.8) is 0 Å². The van der Waals surface area contributed by atoms with E-state index in [1.165, 1.54) is 12.1 Å². The SMILES string of the molecule is CCCN(C(=O)Cc1cccc(F)c1F)C1CCNCC1. The molecule has 1 N–H and O–H groups in total. The number of carbonyl (C=O) groups is 1. The average Bonchev–Trinajstić information content (AvgIpc) is 2.50. The molecule has 0 aliphatic carbocycles. The van der Waals surface area contributed by atoms with Crippen molar-refractivity contribution in [3.8, 4) is 0 Å². The summed E-state index contributed by atoms with van der Waals surface area (Å²) in [6.07, 6.45) is 2.61.